The van der Waals surface area contributed by atoms with Crippen molar-refractivity contribution >= 4 is 26.7 Å². The number of carbonyl (C=O) groups is 1. The van der Waals surface area contributed by atoms with E-state index in [1.807, 2.05) is 29.2 Å². The molecule has 0 aliphatic carbocycles. The van der Waals surface area contributed by atoms with E-state index >= 15 is 0 Å². The number of nitrogens with one attached hydrogen (secondary N) is 1. The first-order valence-electron chi connectivity index (χ1n) is 11.6. The predicted molar refractivity (Wildman–Crippen MR) is 132 cm³/mol. The molecule has 0 aromatic heterocycles. The number of nitrogens with zero attached hydrogens (tertiary/aromatic N) is 2. The van der Waals surface area contributed by atoms with Gasteiger partial charge in [-0.25, -0.2) is 4.39 Å². The summed E-state index contributed by atoms with van der Waals surface area (Å²) in [5.41, 5.74) is 3.29. The van der Waals surface area contributed by atoms with Crippen LogP contribution in [0.4, 0.5) is 4.39 Å². The third-order valence-electron chi connectivity index (χ3n) is 6.53. The van der Waals surface area contributed by atoms with Crippen molar-refractivity contribution in [1.82, 2.24) is 10.2 Å². The minimum atomic E-state index is -3.77. The van der Waals surface area contributed by atoms with Crippen LogP contribution < -0.4 is 5.32 Å². The van der Waals surface area contributed by atoms with Crippen molar-refractivity contribution in [2.75, 3.05) is 13.1 Å². The Bertz CT molecular complexity index is 1230. The molecule has 0 atom stereocenters. The van der Waals surface area contributed by atoms with E-state index in [1.54, 1.807) is 19.1 Å². The van der Waals surface area contributed by atoms with Gasteiger partial charge in [0.15, 0.2) is 0 Å². The van der Waals surface area contributed by atoms with Gasteiger partial charge in [-0.05, 0) is 54.5 Å². The van der Waals surface area contributed by atoms with Gasteiger partial charge >= 0.3 is 0 Å². The fraction of sp³-hybridized carbons (Fsp3) is 0.385. The molecule has 2 aromatic carbocycles. The van der Waals surface area contributed by atoms with E-state index in [0.717, 1.165) is 11.1 Å². The van der Waals surface area contributed by atoms with Crippen LogP contribution in [0.25, 0.3) is 4.91 Å². The molecule has 2 aliphatic rings. The molecule has 0 bridgehead atoms. The van der Waals surface area contributed by atoms with Gasteiger partial charge in [0.1, 0.15) is 16.6 Å². The molecule has 2 aromatic rings. The second kappa shape index (κ2) is 9.70. The summed E-state index contributed by atoms with van der Waals surface area (Å²) in [6.45, 7) is 7.46. The number of amidine groups is 1. The molecule has 2 aliphatic heterocycles. The molecule has 1 amide bonds. The summed E-state index contributed by atoms with van der Waals surface area (Å²) in [5, 5.41) is 2.92. The smallest absolute Gasteiger partial charge is 0.285 e. The Morgan fingerprint density at radius 2 is 1.71 bits per heavy atom. The molecule has 180 valence electrons. The molecule has 4 rings (SSSR count). The zero-order valence-electron chi connectivity index (χ0n) is 19.7. The topological polar surface area (TPSA) is 78.8 Å². The highest BCUT2D eigenvalue weighted by atomic mass is 32.2. The number of piperidine rings is 1. The lowest BCUT2D eigenvalue weighted by Crippen LogP contribution is -2.43. The second-order valence-electron chi connectivity index (χ2n) is 9.23. The molecular weight excluding hydrogens is 453 g/mol. The maximum absolute atomic E-state index is 13.0. The maximum Gasteiger partial charge on any atom is 0.285 e. The van der Waals surface area contributed by atoms with Crippen LogP contribution in [0.2, 0.25) is 0 Å². The van der Waals surface area contributed by atoms with Crippen LogP contribution in [-0.4, -0.2) is 38.2 Å². The number of hydrogen-bond acceptors (Lipinski definition) is 4. The van der Waals surface area contributed by atoms with Gasteiger partial charge in [0, 0.05) is 31.1 Å². The van der Waals surface area contributed by atoms with E-state index in [2.05, 4.69) is 23.6 Å². The predicted octanol–water partition coefficient (Wildman–Crippen LogP) is 4.45. The highest BCUT2D eigenvalue weighted by Gasteiger charge is 2.35. The Labute approximate surface area is 200 Å². The molecule has 34 heavy (non-hydrogen) atoms. The number of sulfonamides is 1. The van der Waals surface area contributed by atoms with Gasteiger partial charge in [-0.15, -0.1) is 4.40 Å². The number of amides is 1. The summed E-state index contributed by atoms with van der Waals surface area (Å²) in [4.78, 5) is 14.8. The first-order chi connectivity index (χ1) is 16.2. The van der Waals surface area contributed by atoms with Crippen molar-refractivity contribution in [2.24, 2.45) is 10.3 Å². The van der Waals surface area contributed by atoms with Gasteiger partial charge in [-0.2, -0.15) is 8.42 Å². The van der Waals surface area contributed by atoms with Crippen molar-refractivity contribution in [3.05, 3.63) is 76.6 Å². The molecule has 0 radical (unpaired) electrons. The molecule has 1 N–H and O–H groups in total. The van der Waals surface area contributed by atoms with E-state index in [-0.39, 0.29) is 22.5 Å². The van der Waals surface area contributed by atoms with Crippen molar-refractivity contribution < 1.29 is 17.6 Å². The summed E-state index contributed by atoms with van der Waals surface area (Å²) >= 11 is 0. The first-order valence-corrected chi connectivity index (χ1v) is 13.0. The third-order valence-corrected chi connectivity index (χ3v) is 8.00. The summed E-state index contributed by atoms with van der Waals surface area (Å²) in [6.07, 6.45) is 1.22. The van der Waals surface area contributed by atoms with Crippen LogP contribution >= 0.6 is 0 Å². The zero-order chi connectivity index (χ0) is 24.5. The second-order valence-corrected chi connectivity index (χ2v) is 10.8. The Hall–Kier alpha value is -3.00. The maximum atomic E-state index is 13.0. The molecule has 6 nitrogen and oxygen atoms in total. The number of rotatable bonds is 5. The molecule has 1 saturated heterocycles. The largest absolute Gasteiger partial charge is 0.356 e. The average molecular weight is 484 g/mol. The van der Waals surface area contributed by atoms with Crippen LogP contribution in [0.1, 0.15) is 56.2 Å². The Kier molecular flexibility index (Phi) is 6.89. The van der Waals surface area contributed by atoms with Crippen molar-refractivity contribution in [3.8, 4) is 0 Å². The molecule has 8 heteroatoms. The Morgan fingerprint density at radius 3 is 2.29 bits per heavy atom. The lowest BCUT2D eigenvalue weighted by Gasteiger charge is -2.32. The number of halogens is 1. The van der Waals surface area contributed by atoms with Gasteiger partial charge in [0.05, 0.1) is 0 Å². The van der Waals surface area contributed by atoms with Crippen LogP contribution in [0, 0.1) is 11.7 Å². The van der Waals surface area contributed by atoms with E-state index in [9.17, 15) is 17.6 Å². The fourth-order valence-electron chi connectivity index (χ4n) is 4.49. The van der Waals surface area contributed by atoms with Gasteiger partial charge < -0.3 is 10.2 Å². The first kappa shape index (κ1) is 24.1. The fourth-order valence-corrected chi connectivity index (χ4v) is 5.98. The normalized spacial score (nSPS) is 18.4. The standard InChI is InChI=1S/C26H30FN3O3S/c1-17(2)20-6-8-21(9-7-20)24-18(3)25(29-34(24,32)33)30-14-12-22(13-15-30)26(31)28-16-19-4-10-23(27)11-5-19/h4-11,17,22H,12-16H2,1-3H3,(H,28,31). The zero-order valence-corrected chi connectivity index (χ0v) is 20.5. The quantitative estimate of drug-likeness (QED) is 0.682. The van der Waals surface area contributed by atoms with Crippen LogP contribution in [0.5, 0.6) is 0 Å². The highest BCUT2D eigenvalue weighted by Crippen LogP contribution is 2.35. The molecule has 0 saturated carbocycles. The van der Waals surface area contributed by atoms with Gasteiger partial charge in [-0.3, -0.25) is 4.79 Å². The number of likely N-dealkylation sites (tertiary alicyclic amines) is 1. The Balaban J connectivity index is 1.40. The summed E-state index contributed by atoms with van der Waals surface area (Å²) in [6, 6.07) is 13.7. The average Bonchev–Trinajstić information content (AvgIpc) is 3.07. The van der Waals surface area contributed by atoms with E-state index in [0.29, 0.717) is 55.4 Å². The number of hydrogen-bond donors (Lipinski definition) is 1. The lowest BCUT2D eigenvalue weighted by atomic mass is 9.95. The van der Waals surface area contributed by atoms with E-state index < -0.39 is 10.0 Å². The molecular formula is C26H30FN3O3S. The lowest BCUT2D eigenvalue weighted by molar-refractivity contribution is -0.126. The molecule has 2 heterocycles. The minimum Gasteiger partial charge on any atom is -0.356 e. The van der Waals surface area contributed by atoms with E-state index in [1.165, 1.54) is 12.1 Å². The number of benzene rings is 2. The molecule has 0 unspecified atom stereocenters. The summed E-state index contributed by atoms with van der Waals surface area (Å²) in [7, 11) is -3.77. The highest BCUT2D eigenvalue weighted by molar-refractivity contribution is 8.00. The van der Waals surface area contributed by atoms with Crippen molar-refractivity contribution in [2.45, 2.75) is 46.1 Å². The van der Waals surface area contributed by atoms with Gasteiger partial charge in [0.2, 0.25) is 5.91 Å². The molecule has 0 spiro atoms. The monoisotopic (exact) mass is 483 g/mol. The van der Waals surface area contributed by atoms with Crippen molar-refractivity contribution in [1.29, 1.82) is 0 Å². The van der Waals surface area contributed by atoms with Crippen LogP contribution in [0.3, 0.4) is 0 Å². The minimum absolute atomic E-state index is 0.0387. The van der Waals surface area contributed by atoms with Crippen molar-refractivity contribution in [3.63, 3.8) is 0 Å². The van der Waals surface area contributed by atoms with Crippen LogP contribution in [0.15, 0.2) is 58.5 Å². The SMILES string of the molecule is CC1=C(c2ccc(C(C)C)cc2)S(=O)(=O)N=C1N1CCC(C(=O)NCc2ccc(F)cc2)CC1. The van der Waals surface area contributed by atoms with Gasteiger partial charge in [-0.1, -0.05) is 50.2 Å². The van der Waals surface area contributed by atoms with Crippen LogP contribution in [-0.2, 0) is 21.4 Å². The summed E-state index contributed by atoms with van der Waals surface area (Å²) in [5.74, 6) is 0.351. The molecule has 1 fully saturated rings. The Morgan fingerprint density at radius 1 is 1.09 bits per heavy atom. The van der Waals surface area contributed by atoms with Gasteiger partial charge in [0.25, 0.3) is 10.0 Å². The number of carbonyl (C=O) groups excluding carboxylic acids is 1. The summed E-state index contributed by atoms with van der Waals surface area (Å²) < 4.78 is 42.9. The third kappa shape index (κ3) is 5.06. The van der Waals surface area contributed by atoms with E-state index in [4.69, 9.17) is 0 Å².